The van der Waals surface area contributed by atoms with Crippen molar-refractivity contribution in [2.24, 2.45) is 5.92 Å². The van der Waals surface area contributed by atoms with Gasteiger partial charge in [0.2, 0.25) is 0 Å². The molecule has 1 heterocycles. The smallest absolute Gasteiger partial charge is 0.419 e. The molecule has 6 nitrogen and oxygen atoms in total. The van der Waals surface area contributed by atoms with Gasteiger partial charge in [0.1, 0.15) is 12.1 Å². The molecule has 0 aromatic heterocycles. The highest BCUT2D eigenvalue weighted by Gasteiger charge is 2.45. The van der Waals surface area contributed by atoms with Crippen molar-refractivity contribution in [1.29, 1.82) is 0 Å². The average Bonchev–Trinajstić information content (AvgIpc) is 2.75. The molecule has 1 aliphatic heterocycles. The van der Waals surface area contributed by atoms with Crippen LogP contribution in [-0.4, -0.2) is 41.6 Å². The minimum absolute atomic E-state index is 0.254. The van der Waals surface area contributed by atoms with Crippen LogP contribution in [0.1, 0.15) is 58.8 Å². The predicted molar refractivity (Wildman–Crippen MR) is 79.0 cm³/mol. The maximum Gasteiger partial charge on any atom is 0.419 e. The molecule has 22 heavy (non-hydrogen) atoms. The van der Waals surface area contributed by atoms with E-state index in [9.17, 15) is 14.4 Å². The van der Waals surface area contributed by atoms with E-state index in [4.69, 9.17) is 4.74 Å². The van der Waals surface area contributed by atoms with Crippen molar-refractivity contribution in [1.82, 2.24) is 4.90 Å². The second-order valence-corrected chi connectivity index (χ2v) is 6.12. The van der Waals surface area contributed by atoms with E-state index in [2.05, 4.69) is 4.74 Å². The molecule has 1 aliphatic carbocycles. The van der Waals surface area contributed by atoms with E-state index in [1.807, 2.05) is 0 Å². The molecule has 2 aliphatic rings. The summed E-state index contributed by atoms with van der Waals surface area (Å²) < 4.78 is 9.72. The van der Waals surface area contributed by atoms with E-state index in [1.54, 1.807) is 13.8 Å². The highest BCUT2D eigenvalue weighted by Crippen LogP contribution is 2.30. The zero-order valence-corrected chi connectivity index (χ0v) is 13.4. The van der Waals surface area contributed by atoms with Gasteiger partial charge in [-0.25, -0.2) is 14.4 Å². The van der Waals surface area contributed by atoms with Gasteiger partial charge in [0, 0.05) is 0 Å². The van der Waals surface area contributed by atoms with E-state index < -0.39 is 30.1 Å². The lowest BCUT2D eigenvalue weighted by Gasteiger charge is -2.28. The minimum atomic E-state index is -0.737. The average molecular weight is 311 g/mol. The first kappa shape index (κ1) is 16.8. The molecule has 0 N–H and O–H groups in total. The van der Waals surface area contributed by atoms with Gasteiger partial charge < -0.3 is 9.47 Å². The summed E-state index contributed by atoms with van der Waals surface area (Å²) in [6, 6.07) is -1.45. The number of hydrogen-bond acceptors (Lipinski definition) is 5. The normalized spacial score (nSPS) is 24.3. The number of carbonyl (C=O) groups is 3. The van der Waals surface area contributed by atoms with Gasteiger partial charge in [0.15, 0.2) is 0 Å². The predicted octanol–water partition coefficient (Wildman–Crippen LogP) is 2.65. The maximum absolute atomic E-state index is 12.2. The Morgan fingerprint density at radius 3 is 2.55 bits per heavy atom. The molecule has 1 saturated carbocycles. The zero-order valence-electron chi connectivity index (χ0n) is 13.4. The Bertz CT molecular complexity index is 430. The quantitative estimate of drug-likeness (QED) is 0.557. The van der Waals surface area contributed by atoms with Gasteiger partial charge in [-0.15, -0.1) is 0 Å². The number of amides is 1. The van der Waals surface area contributed by atoms with Gasteiger partial charge in [-0.3, -0.25) is 4.90 Å². The number of cyclic esters (lactones) is 2. The molecule has 1 amide bonds. The fourth-order valence-corrected chi connectivity index (χ4v) is 3.37. The van der Waals surface area contributed by atoms with Gasteiger partial charge in [-0.2, -0.15) is 0 Å². The van der Waals surface area contributed by atoms with Gasteiger partial charge in [0.25, 0.3) is 0 Å². The van der Waals surface area contributed by atoms with Crippen LogP contribution in [0.3, 0.4) is 0 Å². The van der Waals surface area contributed by atoms with Crippen LogP contribution in [0.15, 0.2) is 0 Å². The Balaban J connectivity index is 2.03. The first-order chi connectivity index (χ1) is 10.5. The number of ether oxygens (including phenoxy) is 2. The lowest BCUT2D eigenvalue weighted by atomic mass is 9.85. The second kappa shape index (κ2) is 7.61. The molecule has 6 heteroatoms. The molecule has 2 atom stereocenters. The third-order valence-electron chi connectivity index (χ3n) is 4.62. The first-order valence-electron chi connectivity index (χ1n) is 8.25. The molecular formula is C16H25NO5. The van der Waals surface area contributed by atoms with Crippen molar-refractivity contribution in [2.75, 3.05) is 6.61 Å². The van der Waals surface area contributed by atoms with E-state index >= 15 is 0 Å². The van der Waals surface area contributed by atoms with Crippen molar-refractivity contribution in [2.45, 2.75) is 70.9 Å². The van der Waals surface area contributed by atoms with Gasteiger partial charge in [0.05, 0.1) is 6.61 Å². The van der Waals surface area contributed by atoms with Crippen LogP contribution in [0.25, 0.3) is 0 Å². The summed E-state index contributed by atoms with van der Waals surface area (Å²) in [4.78, 5) is 36.9. The van der Waals surface area contributed by atoms with Crippen LogP contribution < -0.4 is 0 Å². The second-order valence-electron chi connectivity index (χ2n) is 6.12. The van der Waals surface area contributed by atoms with Crippen molar-refractivity contribution in [3.05, 3.63) is 0 Å². The Kier molecular flexibility index (Phi) is 5.80. The number of rotatable bonds is 6. The molecule has 124 valence electrons. The number of carbonyl (C=O) groups excluding carboxylic acids is 3. The van der Waals surface area contributed by atoms with Crippen molar-refractivity contribution in [3.63, 3.8) is 0 Å². The van der Waals surface area contributed by atoms with Crippen LogP contribution >= 0.6 is 0 Å². The lowest BCUT2D eigenvalue weighted by molar-refractivity contribution is -0.149. The molecule has 2 rings (SSSR count). The molecule has 0 bridgehead atoms. The fraction of sp³-hybridized carbons (Fsp3) is 0.812. The largest absolute Gasteiger partial charge is 0.464 e. The third-order valence-corrected chi connectivity index (χ3v) is 4.62. The van der Waals surface area contributed by atoms with Crippen molar-refractivity contribution < 1.29 is 23.9 Å². The van der Waals surface area contributed by atoms with Crippen LogP contribution in [-0.2, 0) is 19.1 Å². The Hall–Kier alpha value is -1.59. The van der Waals surface area contributed by atoms with E-state index in [-0.39, 0.29) is 6.61 Å². The van der Waals surface area contributed by atoms with E-state index in [0.29, 0.717) is 12.3 Å². The summed E-state index contributed by atoms with van der Waals surface area (Å²) in [5.41, 5.74) is 0. The van der Waals surface area contributed by atoms with Gasteiger partial charge in [-0.1, -0.05) is 32.1 Å². The lowest BCUT2D eigenvalue weighted by Crippen LogP contribution is -2.47. The fourth-order valence-electron chi connectivity index (χ4n) is 3.37. The van der Waals surface area contributed by atoms with Gasteiger partial charge in [-0.05, 0) is 32.6 Å². The highest BCUT2D eigenvalue weighted by atomic mass is 16.6. The molecule has 0 unspecified atom stereocenters. The van der Waals surface area contributed by atoms with Crippen LogP contribution in [0.4, 0.5) is 4.79 Å². The Labute approximate surface area is 131 Å². The van der Waals surface area contributed by atoms with Crippen LogP contribution in [0.5, 0.6) is 0 Å². The van der Waals surface area contributed by atoms with E-state index in [1.165, 1.54) is 37.0 Å². The molecular weight excluding hydrogens is 286 g/mol. The SMILES string of the molecule is CCOC(=O)[C@H](CCC1CCCCC1)N1C(=O)OC(=O)[C@@H]1C. The van der Waals surface area contributed by atoms with Crippen molar-refractivity contribution >= 4 is 18.0 Å². The third kappa shape index (κ3) is 3.78. The van der Waals surface area contributed by atoms with Crippen LogP contribution in [0.2, 0.25) is 0 Å². The summed E-state index contributed by atoms with van der Waals surface area (Å²) in [7, 11) is 0. The number of esters is 2. The highest BCUT2D eigenvalue weighted by molar-refractivity contribution is 5.97. The maximum atomic E-state index is 12.2. The summed E-state index contributed by atoms with van der Waals surface area (Å²) in [6.07, 6.45) is 6.75. The molecule has 0 aromatic carbocycles. The number of hydrogen-bond donors (Lipinski definition) is 0. The molecule has 2 fully saturated rings. The van der Waals surface area contributed by atoms with Crippen LogP contribution in [0, 0.1) is 5.92 Å². The summed E-state index contributed by atoms with van der Waals surface area (Å²) in [6.45, 7) is 3.57. The summed E-state index contributed by atoms with van der Waals surface area (Å²) >= 11 is 0. The molecule has 0 aromatic rings. The molecule has 0 radical (unpaired) electrons. The Morgan fingerprint density at radius 2 is 2.00 bits per heavy atom. The molecule has 1 saturated heterocycles. The minimum Gasteiger partial charge on any atom is -0.464 e. The summed E-state index contributed by atoms with van der Waals surface area (Å²) in [5.74, 6) is -0.455. The topological polar surface area (TPSA) is 72.9 Å². The Morgan fingerprint density at radius 1 is 1.32 bits per heavy atom. The van der Waals surface area contributed by atoms with Crippen molar-refractivity contribution in [3.8, 4) is 0 Å². The monoisotopic (exact) mass is 311 g/mol. The summed E-state index contributed by atoms with van der Waals surface area (Å²) in [5, 5.41) is 0. The zero-order chi connectivity index (χ0) is 16.1. The molecule has 0 spiro atoms. The number of nitrogens with zero attached hydrogens (tertiary/aromatic N) is 1. The first-order valence-corrected chi connectivity index (χ1v) is 8.25. The van der Waals surface area contributed by atoms with Gasteiger partial charge >= 0.3 is 18.0 Å². The standard InChI is InChI=1S/C16H25NO5/c1-3-21-15(19)13(10-9-12-7-5-4-6-8-12)17-11(2)14(18)22-16(17)20/h11-13H,3-10H2,1-2H3/t11-,13-/m0/s1. The van der Waals surface area contributed by atoms with E-state index in [0.717, 1.165) is 6.42 Å².